The van der Waals surface area contributed by atoms with Gasteiger partial charge in [0.15, 0.2) is 9.84 Å². The second-order valence-electron chi connectivity index (χ2n) is 7.30. The van der Waals surface area contributed by atoms with Crippen molar-refractivity contribution >= 4 is 21.8 Å². The van der Waals surface area contributed by atoms with Crippen molar-refractivity contribution in [1.82, 2.24) is 0 Å². The molecule has 1 aliphatic rings. The number of methoxy groups -OCH3 is 2. The van der Waals surface area contributed by atoms with E-state index in [-0.39, 0.29) is 24.3 Å². The van der Waals surface area contributed by atoms with Crippen molar-refractivity contribution in [3.63, 3.8) is 0 Å². The van der Waals surface area contributed by atoms with E-state index in [9.17, 15) is 18.0 Å². The van der Waals surface area contributed by atoms with Crippen LogP contribution in [0.2, 0.25) is 0 Å². The van der Waals surface area contributed by atoms with E-state index in [2.05, 4.69) is 0 Å². The Bertz CT molecular complexity index is 935. The standard InChI is InChI=1S/C22H24O8S/c1-27-17-3-7-19(8-4-17)29-21(23)11-15-13-31(25,26)14-16(15)12-22(24)30-20-9-5-18(28-2)6-10-20/h3-10,15-16H,11-14H2,1-2H3. The second kappa shape index (κ2) is 9.82. The minimum absolute atomic E-state index is 0.105. The van der Waals surface area contributed by atoms with Gasteiger partial charge in [-0.3, -0.25) is 9.59 Å². The first-order chi connectivity index (χ1) is 14.8. The molecule has 8 nitrogen and oxygen atoms in total. The summed E-state index contributed by atoms with van der Waals surface area (Å²) in [4.78, 5) is 24.7. The summed E-state index contributed by atoms with van der Waals surface area (Å²) in [6.45, 7) is 0. The van der Waals surface area contributed by atoms with E-state index in [0.29, 0.717) is 23.0 Å². The molecule has 1 saturated heterocycles. The lowest BCUT2D eigenvalue weighted by molar-refractivity contribution is -0.138. The molecule has 0 bridgehead atoms. The summed E-state index contributed by atoms with van der Waals surface area (Å²) in [5, 5.41) is 0. The lowest BCUT2D eigenvalue weighted by Gasteiger charge is -2.16. The van der Waals surface area contributed by atoms with Gasteiger partial charge in [0.1, 0.15) is 23.0 Å². The monoisotopic (exact) mass is 448 g/mol. The Morgan fingerprint density at radius 3 is 1.35 bits per heavy atom. The zero-order valence-corrected chi connectivity index (χ0v) is 18.1. The van der Waals surface area contributed by atoms with Gasteiger partial charge in [0, 0.05) is 0 Å². The number of sulfone groups is 1. The summed E-state index contributed by atoms with van der Waals surface area (Å²) in [5.41, 5.74) is 0. The molecular formula is C22H24O8S. The molecule has 1 fully saturated rings. The Hall–Kier alpha value is -3.07. The van der Waals surface area contributed by atoms with E-state index in [1.165, 1.54) is 14.2 Å². The molecule has 2 aromatic rings. The number of carbonyl (C=O) groups excluding carboxylic acids is 2. The van der Waals surface area contributed by atoms with Crippen molar-refractivity contribution in [2.45, 2.75) is 12.8 Å². The number of esters is 2. The van der Waals surface area contributed by atoms with Crippen LogP contribution >= 0.6 is 0 Å². The minimum Gasteiger partial charge on any atom is -0.497 e. The molecular weight excluding hydrogens is 424 g/mol. The van der Waals surface area contributed by atoms with E-state index >= 15 is 0 Å². The van der Waals surface area contributed by atoms with E-state index in [4.69, 9.17) is 18.9 Å². The van der Waals surface area contributed by atoms with Crippen LogP contribution in [0.3, 0.4) is 0 Å². The Labute approximate surface area is 181 Å². The molecule has 2 atom stereocenters. The van der Waals surface area contributed by atoms with Gasteiger partial charge in [-0.1, -0.05) is 0 Å². The third kappa shape index (κ3) is 6.45. The van der Waals surface area contributed by atoms with Gasteiger partial charge in [0.05, 0.1) is 38.6 Å². The Kier molecular flexibility index (Phi) is 7.17. The average Bonchev–Trinajstić information content (AvgIpc) is 3.01. The van der Waals surface area contributed by atoms with Gasteiger partial charge in [-0.15, -0.1) is 0 Å². The van der Waals surface area contributed by atoms with Crippen LogP contribution < -0.4 is 18.9 Å². The van der Waals surface area contributed by atoms with Crippen LogP contribution in [-0.4, -0.2) is 46.1 Å². The predicted octanol–water partition coefficient (Wildman–Crippen LogP) is 2.66. The fraction of sp³-hybridized carbons (Fsp3) is 0.364. The van der Waals surface area contributed by atoms with Gasteiger partial charge in [-0.25, -0.2) is 8.42 Å². The second-order valence-corrected chi connectivity index (χ2v) is 9.46. The summed E-state index contributed by atoms with van der Waals surface area (Å²) in [6.07, 6.45) is -0.211. The smallest absolute Gasteiger partial charge is 0.311 e. The Morgan fingerprint density at radius 1 is 0.710 bits per heavy atom. The summed E-state index contributed by atoms with van der Waals surface area (Å²) in [5.74, 6) is -0.547. The Morgan fingerprint density at radius 2 is 1.03 bits per heavy atom. The first kappa shape index (κ1) is 22.6. The molecule has 2 unspecified atom stereocenters. The van der Waals surface area contributed by atoms with Gasteiger partial charge in [-0.2, -0.15) is 0 Å². The van der Waals surface area contributed by atoms with Crippen molar-refractivity contribution in [2.24, 2.45) is 11.8 Å². The molecule has 0 radical (unpaired) electrons. The van der Waals surface area contributed by atoms with Crippen LogP contribution in [0.4, 0.5) is 0 Å². The lowest BCUT2D eigenvalue weighted by atomic mass is 9.90. The molecule has 3 rings (SSSR count). The van der Waals surface area contributed by atoms with Crippen molar-refractivity contribution in [3.8, 4) is 23.0 Å². The maximum Gasteiger partial charge on any atom is 0.311 e. The van der Waals surface area contributed by atoms with Crippen LogP contribution in [0.5, 0.6) is 23.0 Å². The Balaban J connectivity index is 1.59. The van der Waals surface area contributed by atoms with Gasteiger partial charge < -0.3 is 18.9 Å². The van der Waals surface area contributed by atoms with E-state index < -0.39 is 33.6 Å². The summed E-state index contributed by atoms with van der Waals surface area (Å²) in [7, 11) is -0.290. The molecule has 0 amide bonds. The number of ether oxygens (including phenoxy) is 4. The first-order valence-corrected chi connectivity index (χ1v) is 11.5. The van der Waals surface area contributed by atoms with Crippen LogP contribution in [0.15, 0.2) is 48.5 Å². The molecule has 31 heavy (non-hydrogen) atoms. The van der Waals surface area contributed by atoms with Crippen molar-refractivity contribution in [2.75, 3.05) is 25.7 Å². The highest BCUT2D eigenvalue weighted by Crippen LogP contribution is 2.32. The fourth-order valence-corrected chi connectivity index (χ4v) is 5.73. The van der Waals surface area contributed by atoms with Crippen molar-refractivity contribution in [3.05, 3.63) is 48.5 Å². The van der Waals surface area contributed by atoms with Gasteiger partial charge >= 0.3 is 11.9 Å². The van der Waals surface area contributed by atoms with E-state index in [1.54, 1.807) is 48.5 Å². The lowest BCUT2D eigenvalue weighted by Crippen LogP contribution is -2.23. The van der Waals surface area contributed by atoms with Crippen molar-refractivity contribution in [1.29, 1.82) is 0 Å². The third-order valence-corrected chi connectivity index (χ3v) is 6.91. The highest BCUT2D eigenvalue weighted by Gasteiger charge is 2.40. The quantitative estimate of drug-likeness (QED) is 0.448. The minimum atomic E-state index is -3.35. The maximum atomic E-state index is 12.3. The van der Waals surface area contributed by atoms with Crippen molar-refractivity contribution < 1.29 is 37.0 Å². The molecule has 2 aromatic carbocycles. The molecule has 0 N–H and O–H groups in total. The number of hydrogen-bond acceptors (Lipinski definition) is 8. The largest absolute Gasteiger partial charge is 0.497 e. The number of carbonyl (C=O) groups is 2. The number of rotatable bonds is 8. The van der Waals surface area contributed by atoms with E-state index in [0.717, 1.165) is 0 Å². The zero-order chi connectivity index (χ0) is 22.4. The summed E-state index contributed by atoms with van der Waals surface area (Å²) in [6, 6.07) is 13.0. The van der Waals surface area contributed by atoms with Crippen LogP contribution in [0, 0.1) is 11.8 Å². The highest BCUT2D eigenvalue weighted by atomic mass is 32.2. The third-order valence-electron chi connectivity index (χ3n) is 5.04. The summed E-state index contributed by atoms with van der Waals surface area (Å²) >= 11 is 0. The average molecular weight is 448 g/mol. The number of hydrogen-bond donors (Lipinski definition) is 0. The van der Waals surface area contributed by atoms with Crippen LogP contribution in [0.25, 0.3) is 0 Å². The normalized spacial score (nSPS) is 19.4. The molecule has 0 spiro atoms. The summed E-state index contributed by atoms with van der Waals surface area (Å²) < 4.78 is 45.0. The van der Waals surface area contributed by atoms with Crippen LogP contribution in [0.1, 0.15) is 12.8 Å². The SMILES string of the molecule is COc1ccc(OC(=O)CC2CS(=O)(=O)CC2CC(=O)Oc2ccc(OC)cc2)cc1. The van der Waals surface area contributed by atoms with Gasteiger partial charge in [-0.05, 0) is 60.4 Å². The molecule has 1 heterocycles. The first-order valence-electron chi connectivity index (χ1n) is 9.68. The van der Waals surface area contributed by atoms with Gasteiger partial charge in [0.25, 0.3) is 0 Å². The predicted molar refractivity (Wildman–Crippen MR) is 112 cm³/mol. The van der Waals surface area contributed by atoms with Gasteiger partial charge in [0.2, 0.25) is 0 Å². The molecule has 166 valence electrons. The molecule has 9 heteroatoms. The topological polar surface area (TPSA) is 105 Å². The highest BCUT2D eigenvalue weighted by molar-refractivity contribution is 7.91. The molecule has 1 aliphatic heterocycles. The van der Waals surface area contributed by atoms with Crippen LogP contribution in [-0.2, 0) is 19.4 Å². The molecule has 0 aromatic heterocycles. The molecule has 0 aliphatic carbocycles. The fourth-order valence-electron chi connectivity index (χ4n) is 3.51. The maximum absolute atomic E-state index is 12.3. The zero-order valence-electron chi connectivity index (χ0n) is 17.3. The molecule has 0 saturated carbocycles. The van der Waals surface area contributed by atoms with E-state index in [1.807, 2.05) is 0 Å². The number of benzene rings is 2.